The minimum atomic E-state index is -2.05. The average molecular weight is 769 g/mol. The summed E-state index contributed by atoms with van der Waals surface area (Å²) in [5.41, 5.74) is 6.97. The number of nitrogens with two attached hydrogens (primary N) is 1. The number of aromatic nitrogens is 3. The van der Waals surface area contributed by atoms with Gasteiger partial charge in [0.05, 0.1) is 37.1 Å². The highest BCUT2D eigenvalue weighted by atomic mass is 31.2. The molecule has 1 fully saturated rings. The second kappa shape index (κ2) is 26.6. The van der Waals surface area contributed by atoms with E-state index >= 15 is 0 Å². The molecule has 4 rings (SSSR count). The predicted molar refractivity (Wildman–Crippen MR) is 210 cm³/mol. The number of benzene rings is 1. The zero-order chi connectivity index (χ0) is 38.9. The van der Waals surface area contributed by atoms with Gasteiger partial charge < -0.3 is 29.5 Å². The lowest BCUT2D eigenvalue weighted by Gasteiger charge is -2.22. The highest BCUT2D eigenvalue weighted by molar-refractivity contribution is 7.40. The number of aliphatic hydroxyl groups excluding tert-OH is 1. The standard InChI is InChI=1S/C33H56N5O4P.C8H6FNO/c1-2-3-4-5-6-7-8-9-10-11-12-13-14-15-16-17-18-19-20-25-40-43(39)41-27-33(26-34)24-23-31(42-33)29-21-22-30-32(35)36-28-37-38(29)30;9-8-2-6(4-10)1-7(3-8)5-11/h21-22,28,31,39H,2-20,23-25,27H2,1H3,(H2,35,36,37);1-3,11H,5H2. The molecule has 13 heteroatoms. The molecular formula is C41H62FN6O5P. The van der Waals surface area contributed by atoms with Crippen molar-refractivity contribution >= 4 is 19.9 Å². The van der Waals surface area contributed by atoms with Crippen LogP contribution in [0.5, 0.6) is 0 Å². The van der Waals surface area contributed by atoms with Gasteiger partial charge in [-0.2, -0.15) is 15.6 Å². The number of nitrogens with zero attached hydrogens (tertiary/aromatic N) is 5. The van der Waals surface area contributed by atoms with E-state index in [0.717, 1.165) is 24.6 Å². The topological polar surface area (TPSA) is 172 Å². The van der Waals surface area contributed by atoms with Crippen molar-refractivity contribution in [1.82, 2.24) is 14.6 Å². The zero-order valence-electron chi connectivity index (χ0n) is 32.3. The highest BCUT2D eigenvalue weighted by Crippen LogP contribution is 2.43. The third-order valence-electron chi connectivity index (χ3n) is 9.85. The van der Waals surface area contributed by atoms with Crippen molar-refractivity contribution in [2.24, 2.45) is 0 Å². The van der Waals surface area contributed by atoms with Crippen molar-refractivity contribution in [3.05, 3.63) is 59.3 Å². The Labute approximate surface area is 323 Å². The fraction of sp³-hybridized carbons (Fsp3) is 0.659. The van der Waals surface area contributed by atoms with Gasteiger partial charge in [-0.05, 0) is 55.2 Å². The molecule has 0 bridgehead atoms. The van der Waals surface area contributed by atoms with E-state index < -0.39 is 20.0 Å². The Hall–Kier alpha value is -3.22. The van der Waals surface area contributed by atoms with Gasteiger partial charge in [0.25, 0.3) is 0 Å². The first-order valence-electron chi connectivity index (χ1n) is 20.1. The molecule has 1 aliphatic rings. The van der Waals surface area contributed by atoms with Crippen molar-refractivity contribution in [3.8, 4) is 12.1 Å². The van der Waals surface area contributed by atoms with Crippen LogP contribution in [0.3, 0.4) is 0 Å². The lowest BCUT2D eigenvalue weighted by Crippen LogP contribution is -2.31. The molecule has 1 aliphatic heterocycles. The highest BCUT2D eigenvalue weighted by Gasteiger charge is 2.43. The minimum absolute atomic E-state index is 0.0399. The third kappa shape index (κ3) is 16.7. The maximum absolute atomic E-state index is 12.5. The molecule has 1 aromatic carbocycles. The molecule has 4 N–H and O–H groups in total. The van der Waals surface area contributed by atoms with Crippen molar-refractivity contribution in [2.75, 3.05) is 18.9 Å². The number of anilines is 1. The van der Waals surface area contributed by atoms with E-state index in [1.54, 1.807) is 10.6 Å². The molecule has 0 aliphatic carbocycles. The van der Waals surface area contributed by atoms with Crippen LogP contribution in [0.15, 0.2) is 36.7 Å². The molecule has 11 nitrogen and oxygen atoms in total. The number of ether oxygens (including phenoxy) is 1. The molecule has 298 valence electrons. The van der Waals surface area contributed by atoms with E-state index in [1.165, 1.54) is 128 Å². The summed E-state index contributed by atoms with van der Waals surface area (Å²) in [5.74, 6) is -0.102. The van der Waals surface area contributed by atoms with Crippen LogP contribution < -0.4 is 5.73 Å². The Morgan fingerprint density at radius 2 is 1.50 bits per heavy atom. The number of unbranched alkanes of at least 4 members (excludes halogenated alkanes) is 18. The lowest BCUT2D eigenvalue weighted by molar-refractivity contribution is -0.0358. The van der Waals surface area contributed by atoms with Crippen LogP contribution in [0.25, 0.3) is 5.52 Å². The largest absolute Gasteiger partial charge is 0.392 e. The van der Waals surface area contributed by atoms with Gasteiger partial charge in [0.1, 0.15) is 29.8 Å². The molecule has 1 saturated heterocycles. The fourth-order valence-electron chi connectivity index (χ4n) is 6.73. The second-order valence-corrected chi connectivity index (χ2v) is 15.3. The van der Waals surface area contributed by atoms with Gasteiger partial charge in [-0.1, -0.05) is 122 Å². The lowest BCUT2D eigenvalue weighted by atomic mass is 10.0. The summed E-state index contributed by atoms with van der Waals surface area (Å²) in [6, 6.07) is 11.5. The van der Waals surface area contributed by atoms with Gasteiger partial charge in [-0.3, -0.25) is 0 Å². The number of aliphatic hydroxyl groups is 1. The number of hydrogen-bond acceptors (Lipinski definition) is 10. The Balaban J connectivity index is 0.000000609. The van der Waals surface area contributed by atoms with E-state index in [0.29, 0.717) is 36.3 Å². The van der Waals surface area contributed by atoms with Crippen LogP contribution in [0.2, 0.25) is 0 Å². The van der Waals surface area contributed by atoms with Crippen LogP contribution >= 0.6 is 8.60 Å². The molecule has 0 radical (unpaired) electrons. The van der Waals surface area contributed by atoms with Gasteiger partial charge in [-0.15, -0.1) is 0 Å². The number of halogens is 1. The van der Waals surface area contributed by atoms with Gasteiger partial charge in [0, 0.05) is 0 Å². The van der Waals surface area contributed by atoms with Gasteiger partial charge in [-0.25, -0.2) is 13.9 Å². The van der Waals surface area contributed by atoms with Crippen molar-refractivity contribution in [3.63, 3.8) is 0 Å². The second-order valence-electron chi connectivity index (χ2n) is 14.3. The van der Waals surface area contributed by atoms with Gasteiger partial charge >= 0.3 is 8.60 Å². The third-order valence-corrected chi connectivity index (χ3v) is 10.6. The van der Waals surface area contributed by atoms with Crippen LogP contribution in [0.4, 0.5) is 10.2 Å². The van der Waals surface area contributed by atoms with E-state index in [4.69, 9.17) is 29.9 Å². The summed E-state index contributed by atoms with van der Waals surface area (Å²) in [4.78, 5) is 14.2. The summed E-state index contributed by atoms with van der Waals surface area (Å²) in [5, 5.41) is 31.1. The summed E-state index contributed by atoms with van der Waals surface area (Å²) >= 11 is 0. The van der Waals surface area contributed by atoms with Crippen molar-refractivity contribution in [1.29, 1.82) is 10.5 Å². The van der Waals surface area contributed by atoms with E-state index in [9.17, 15) is 14.5 Å². The number of nitrogen functional groups attached to an aromatic ring is 1. The first-order valence-corrected chi connectivity index (χ1v) is 21.2. The van der Waals surface area contributed by atoms with Crippen molar-refractivity contribution in [2.45, 2.75) is 160 Å². The number of hydrogen-bond donors (Lipinski definition) is 3. The Bertz CT molecular complexity index is 1560. The monoisotopic (exact) mass is 768 g/mol. The van der Waals surface area contributed by atoms with E-state index in [2.05, 4.69) is 23.1 Å². The quantitative estimate of drug-likeness (QED) is 0.0527. The van der Waals surface area contributed by atoms with Crippen LogP contribution in [0.1, 0.15) is 165 Å². The maximum Gasteiger partial charge on any atom is 0.329 e. The normalized spacial score (nSPS) is 17.2. The molecule has 0 amide bonds. The number of fused-ring (bicyclic) bond motifs is 1. The molecule has 2 aromatic heterocycles. The molecule has 3 aromatic rings. The molecular weight excluding hydrogens is 706 g/mol. The van der Waals surface area contributed by atoms with Crippen molar-refractivity contribution < 1.29 is 28.2 Å². The maximum atomic E-state index is 12.5. The first kappa shape index (κ1) is 45.2. The molecule has 3 unspecified atom stereocenters. The Morgan fingerprint density at radius 1 is 0.907 bits per heavy atom. The molecule has 54 heavy (non-hydrogen) atoms. The first-order chi connectivity index (χ1) is 26.3. The average Bonchev–Trinajstić information content (AvgIpc) is 3.82. The Morgan fingerprint density at radius 3 is 2.06 bits per heavy atom. The van der Waals surface area contributed by atoms with Gasteiger partial charge in [0.2, 0.25) is 0 Å². The number of nitriles is 2. The van der Waals surface area contributed by atoms with E-state index in [1.807, 2.05) is 12.1 Å². The van der Waals surface area contributed by atoms with Gasteiger partial charge in [0.15, 0.2) is 11.4 Å². The molecule has 0 saturated carbocycles. The van der Waals surface area contributed by atoms with Crippen LogP contribution in [-0.4, -0.2) is 43.4 Å². The summed E-state index contributed by atoms with van der Waals surface area (Å²) in [6.45, 7) is 2.46. The summed E-state index contributed by atoms with van der Waals surface area (Å²) in [7, 11) is -2.05. The zero-order valence-corrected chi connectivity index (χ0v) is 33.2. The Kier molecular flexibility index (Phi) is 22.2. The summed E-state index contributed by atoms with van der Waals surface area (Å²) < 4.78 is 31.4. The van der Waals surface area contributed by atoms with Crippen LogP contribution in [-0.2, 0) is 20.4 Å². The predicted octanol–water partition coefficient (Wildman–Crippen LogP) is 10.3. The smallest absolute Gasteiger partial charge is 0.329 e. The minimum Gasteiger partial charge on any atom is -0.392 e. The van der Waals surface area contributed by atoms with E-state index in [-0.39, 0.29) is 24.9 Å². The summed E-state index contributed by atoms with van der Waals surface area (Å²) in [6.07, 6.45) is 27.6. The fourth-order valence-corrected chi connectivity index (χ4v) is 7.41. The molecule has 3 atom stereocenters. The number of rotatable bonds is 26. The molecule has 0 spiro atoms. The SMILES string of the molecule is CCCCCCCCCCCCCCCCCCCCCOP(O)OCC1(C#N)CCC(c2ccc3c(N)ncnn23)O1.N#Cc1cc(F)cc(CO)c1. The molecule has 3 heterocycles. The van der Waals surface area contributed by atoms with Crippen LogP contribution in [0, 0.1) is 28.5 Å².